The van der Waals surface area contributed by atoms with E-state index >= 15 is 0 Å². The molecular formula is C16H9BrN2O2. The second-order valence-corrected chi connectivity index (χ2v) is 5.63. The highest BCUT2D eigenvalue weighted by Gasteiger charge is 2.17. The molecule has 0 unspecified atom stereocenters. The van der Waals surface area contributed by atoms with Crippen molar-refractivity contribution < 1.29 is 9.21 Å². The second-order valence-electron chi connectivity index (χ2n) is 4.71. The molecule has 0 fully saturated rings. The predicted molar refractivity (Wildman–Crippen MR) is 82.5 cm³/mol. The van der Waals surface area contributed by atoms with E-state index in [1.54, 1.807) is 12.3 Å². The molecule has 0 spiro atoms. The number of benzene rings is 1. The molecule has 0 N–H and O–H groups in total. The summed E-state index contributed by atoms with van der Waals surface area (Å²) in [6.45, 7) is 0. The third kappa shape index (κ3) is 2.06. The zero-order chi connectivity index (χ0) is 14.4. The minimum absolute atomic E-state index is 0.217. The van der Waals surface area contributed by atoms with Crippen LogP contribution in [-0.4, -0.2) is 15.2 Å². The van der Waals surface area contributed by atoms with Crippen LogP contribution in [0.25, 0.3) is 16.6 Å². The van der Waals surface area contributed by atoms with Crippen molar-refractivity contribution in [2.45, 2.75) is 0 Å². The maximum Gasteiger partial charge on any atom is 0.248 e. The molecule has 3 aromatic heterocycles. The zero-order valence-electron chi connectivity index (χ0n) is 10.8. The van der Waals surface area contributed by atoms with E-state index in [1.165, 1.54) is 0 Å². The van der Waals surface area contributed by atoms with Gasteiger partial charge in [-0.3, -0.25) is 4.79 Å². The Balaban J connectivity index is 1.81. The number of fused-ring (bicyclic) bond motifs is 2. The number of halogens is 1. The highest BCUT2D eigenvalue weighted by atomic mass is 79.9. The molecule has 0 aliphatic rings. The number of hydrogen-bond donors (Lipinski definition) is 0. The van der Waals surface area contributed by atoms with E-state index in [1.807, 2.05) is 47.0 Å². The van der Waals surface area contributed by atoms with Crippen LogP contribution in [-0.2, 0) is 0 Å². The quantitative estimate of drug-likeness (QED) is 0.516. The highest BCUT2D eigenvalue weighted by Crippen LogP contribution is 2.24. The second kappa shape index (κ2) is 4.56. The summed E-state index contributed by atoms with van der Waals surface area (Å²) in [5.41, 5.74) is 1.80. The van der Waals surface area contributed by atoms with Crippen LogP contribution in [0.15, 0.2) is 63.7 Å². The van der Waals surface area contributed by atoms with Crippen LogP contribution in [0.4, 0.5) is 0 Å². The van der Waals surface area contributed by atoms with E-state index in [9.17, 15) is 4.79 Å². The molecule has 0 saturated heterocycles. The largest absolute Gasteiger partial charge is 0.453 e. The fourth-order valence-corrected chi connectivity index (χ4v) is 2.68. The molecule has 0 bridgehead atoms. The Morgan fingerprint density at radius 2 is 2.10 bits per heavy atom. The summed E-state index contributed by atoms with van der Waals surface area (Å²) >= 11 is 3.40. The van der Waals surface area contributed by atoms with Crippen LogP contribution in [0.1, 0.15) is 16.2 Å². The van der Waals surface area contributed by atoms with Crippen molar-refractivity contribution in [3.05, 3.63) is 70.8 Å². The van der Waals surface area contributed by atoms with Crippen molar-refractivity contribution in [2.24, 2.45) is 0 Å². The minimum Gasteiger partial charge on any atom is -0.453 e. The molecule has 1 aromatic carbocycles. The lowest BCUT2D eigenvalue weighted by Crippen LogP contribution is -1.99. The number of rotatable bonds is 2. The van der Waals surface area contributed by atoms with Gasteiger partial charge in [-0.05, 0) is 36.4 Å². The van der Waals surface area contributed by atoms with Gasteiger partial charge in [0.15, 0.2) is 5.76 Å². The van der Waals surface area contributed by atoms with Gasteiger partial charge >= 0.3 is 0 Å². The summed E-state index contributed by atoms with van der Waals surface area (Å²) in [6, 6.07) is 13.0. The summed E-state index contributed by atoms with van der Waals surface area (Å²) in [6.07, 6.45) is 3.57. The fourth-order valence-electron chi connectivity index (χ4n) is 2.30. The first kappa shape index (κ1) is 12.3. The Labute approximate surface area is 128 Å². The molecule has 21 heavy (non-hydrogen) atoms. The molecule has 4 nitrogen and oxygen atoms in total. The molecule has 0 saturated carbocycles. The van der Waals surface area contributed by atoms with Crippen molar-refractivity contribution >= 4 is 38.3 Å². The monoisotopic (exact) mass is 340 g/mol. The SMILES string of the molecule is O=C(c1cn2ccccc2n1)c1cc2cc(Br)ccc2o1. The molecule has 4 aromatic rings. The van der Waals surface area contributed by atoms with Crippen LogP contribution in [0, 0.1) is 0 Å². The maximum atomic E-state index is 12.5. The van der Waals surface area contributed by atoms with Gasteiger partial charge in [-0.15, -0.1) is 0 Å². The standard InChI is InChI=1S/C16H9BrN2O2/c17-11-4-5-13-10(7-11)8-14(21-13)16(20)12-9-19-6-2-1-3-15(19)18-12/h1-9H. The lowest BCUT2D eigenvalue weighted by Gasteiger charge is -1.90. The Bertz CT molecular complexity index is 951. The lowest BCUT2D eigenvalue weighted by atomic mass is 10.2. The van der Waals surface area contributed by atoms with E-state index in [2.05, 4.69) is 20.9 Å². The van der Waals surface area contributed by atoms with Gasteiger partial charge in [0.2, 0.25) is 5.78 Å². The first-order valence-corrected chi connectivity index (χ1v) is 7.17. The van der Waals surface area contributed by atoms with Crippen molar-refractivity contribution in [1.82, 2.24) is 9.38 Å². The Morgan fingerprint density at radius 1 is 1.19 bits per heavy atom. The van der Waals surface area contributed by atoms with E-state index in [0.29, 0.717) is 17.0 Å². The third-order valence-electron chi connectivity index (χ3n) is 3.30. The van der Waals surface area contributed by atoms with Crippen molar-refractivity contribution in [3.63, 3.8) is 0 Å². The number of furan rings is 1. The molecule has 0 amide bonds. The van der Waals surface area contributed by atoms with E-state index in [-0.39, 0.29) is 5.78 Å². The summed E-state index contributed by atoms with van der Waals surface area (Å²) in [4.78, 5) is 16.8. The van der Waals surface area contributed by atoms with Crippen molar-refractivity contribution in [1.29, 1.82) is 0 Å². The average Bonchev–Trinajstić information content (AvgIpc) is 3.09. The molecule has 0 aliphatic heterocycles. The summed E-state index contributed by atoms with van der Waals surface area (Å²) in [5.74, 6) is 0.0810. The van der Waals surface area contributed by atoms with Gasteiger partial charge in [0.1, 0.15) is 16.9 Å². The number of aromatic nitrogens is 2. The number of nitrogens with zero attached hydrogens (tertiary/aromatic N) is 2. The topological polar surface area (TPSA) is 47.5 Å². The Kier molecular flexibility index (Phi) is 2.68. The van der Waals surface area contributed by atoms with Gasteiger partial charge in [0.25, 0.3) is 0 Å². The minimum atomic E-state index is -0.217. The van der Waals surface area contributed by atoms with Crippen LogP contribution in [0.3, 0.4) is 0 Å². The van der Waals surface area contributed by atoms with Gasteiger partial charge in [0.05, 0.1) is 0 Å². The summed E-state index contributed by atoms with van der Waals surface area (Å²) < 4.78 is 8.37. The predicted octanol–water partition coefficient (Wildman–Crippen LogP) is 4.07. The first-order valence-electron chi connectivity index (χ1n) is 6.38. The fraction of sp³-hybridized carbons (Fsp3) is 0. The van der Waals surface area contributed by atoms with Crippen molar-refractivity contribution in [2.75, 3.05) is 0 Å². The van der Waals surface area contributed by atoms with Crippen LogP contribution in [0.2, 0.25) is 0 Å². The van der Waals surface area contributed by atoms with Gasteiger partial charge in [0, 0.05) is 22.3 Å². The molecular weight excluding hydrogens is 332 g/mol. The Morgan fingerprint density at radius 3 is 2.95 bits per heavy atom. The maximum absolute atomic E-state index is 12.5. The Hall–Kier alpha value is -2.40. The number of ketones is 1. The number of imidazole rings is 1. The van der Waals surface area contributed by atoms with Crippen molar-refractivity contribution in [3.8, 4) is 0 Å². The van der Waals surface area contributed by atoms with E-state index in [0.717, 1.165) is 15.5 Å². The molecule has 4 rings (SSSR count). The molecule has 5 heteroatoms. The van der Waals surface area contributed by atoms with Crippen LogP contribution < -0.4 is 0 Å². The number of hydrogen-bond acceptors (Lipinski definition) is 3. The smallest absolute Gasteiger partial charge is 0.248 e. The number of carbonyl (C=O) groups is 1. The average molecular weight is 341 g/mol. The molecule has 0 atom stereocenters. The van der Waals surface area contributed by atoms with Crippen LogP contribution in [0.5, 0.6) is 0 Å². The molecule has 0 aliphatic carbocycles. The molecule has 3 heterocycles. The first-order chi connectivity index (χ1) is 10.2. The van der Waals surface area contributed by atoms with Crippen LogP contribution >= 0.6 is 15.9 Å². The third-order valence-corrected chi connectivity index (χ3v) is 3.79. The van der Waals surface area contributed by atoms with Gasteiger partial charge in [-0.1, -0.05) is 22.0 Å². The summed E-state index contributed by atoms with van der Waals surface area (Å²) in [5, 5.41) is 0.886. The zero-order valence-corrected chi connectivity index (χ0v) is 12.4. The normalized spacial score (nSPS) is 11.3. The summed E-state index contributed by atoms with van der Waals surface area (Å²) in [7, 11) is 0. The van der Waals surface area contributed by atoms with Gasteiger partial charge in [-0.2, -0.15) is 0 Å². The lowest BCUT2D eigenvalue weighted by molar-refractivity contribution is 0.101. The van der Waals surface area contributed by atoms with Gasteiger partial charge < -0.3 is 8.82 Å². The van der Waals surface area contributed by atoms with E-state index in [4.69, 9.17) is 4.42 Å². The highest BCUT2D eigenvalue weighted by molar-refractivity contribution is 9.10. The molecule has 102 valence electrons. The number of carbonyl (C=O) groups excluding carboxylic acids is 1. The van der Waals surface area contributed by atoms with E-state index < -0.39 is 0 Å². The number of pyridine rings is 1. The van der Waals surface area contributed by atoms with Gasteiger partial charge in [-0.25, -0.2) is 4.98 Å². The molecule has 0 radical (unpaired) electrons.